The Morgan fingerprint density at radius 2 is 2.19 bits per heavy atom. The van der Waals surface area contributed by atoms with Gasteiger partial charge < -0.3 is 4.74 Å². The van der Waals surface area contributed by atoms with Crippen LogP contribution < -0.4 is 5.32 Å². The highest BCUT2D eigenvalue weighted by Crippen LogP contribution is 2.29. The normalized spacial score (nSPS) is 13.1. The zero-order chi connectivity index (χ0) is 15.9. The summed E-state index contributed by atoms with van der Waals surface area (Å²) in [7, 11) is 0. The van der Waals surface area contributed by atoms with Crippen LogP contribution >= 0.6 is 23.2 Å². The zero-order valence-electron chi connectivity index (χ0n) is 11.8. The van der Waals surface area contributed by atoms with Crippen molar-refractivity contribution >= 4 is 29.2 Å². The highest BCUT2D eigenvalue weighted by Gasteiger charge is 2.36. The number of benzene rings is 1. The molecule has 114 valence electrons. The van der Waals surface area contributed by atoms with Crippen molar-refractivity contribution in [3.8, 4) is 0 Å². The number of nitrogens with zero attached hydrogens (tertiary/aromatic N) is 3. The second kappa shape index (κ2) is 8.10. The minimum Gasteiger partial charge on any atom is -0.464 e. The van der Waals surface area contributed by atoms with E-state index in [9.17, 15) is 4.79 Å². The molecular weight excluding hydrogens is 315 g/mol. The van der Waals surface area contributed by atoms with E-state index < -0.39 is 11.5 Å². The van der Waals surface area contributed by atoms with Gasteiger partial charge in [0.25, 0.3) is 0 Å². The monoisotopic (exact) mass is 330 g/mol. The van der Waals surface area contributed by atoms with Crippen LogP contribution in [0.4, 0.5) is 0 Å². The molecule has 0 heterocycles. The van der Waals surface area contributed by atoms with E-state index in [1.54, 1.807) is 32.0 Å². The Morgan fingerprint density at radius 1 is 1.48 bits per heavy atom. The summed E-state index contributed by atoms with van der Waals surface area (Å²) in [5.74, 6) is -0.440. The van der Waals surface area contributed by atoms with E-state index in [1.165, 1.54) is 0 Å². The number of ether oxygens (including phenoxy) is 1. The van der Waals surface area contributed by atoms with Crippen molar-refractivity contribution in [3.05, 3.63) is 44.3 Å². The molecule has 1 unspecified atom stereocenters. The summed E-state index contributed by atoms with van der Waals surface area (Å²) in [6.45, 7) is 4.20. The molecule has 0 aromatic heterocycles. The van der Waals surface area contributed by atoms with Crippen LogP contribution in [0.15, 0.2) is 23.3 Å². The van der Waals surface area contributed by atoms with Crippen LogP contribution in [0.1, 0.15) is 19.4 Å². The predicted octanol–water partition coefficient (Wildman–Crippen LogP) is 3.67. The number of nitrogens with one attached hydrogen (secondary N) is 1. The largest absolute Gasteiger partial charge is 0.464 e. The topological polar surface area (TPSA) is 87.1 Å². The molecule has 0 amide bonds. The van der Waals surface area contributed by atoms with Gasteiger partial charge in [-0.05, 0) is 37.1 Å². The van der Waals surface area contributed by atoms with E-state index in [1.807, 2.05) is 0 Å². The van der Waals surface area contributed by atoms with E-state index >= 15 is 0 Å². The fraction of sp³-hybridized carbons (Fsp3) is 0.462. The number of hydrogen-bond donors (Lipinski definition) is 1. The van der Waals surface area contributed by atoms with E-state index in [-0.39, 0.29) is 13.2 Å². The summed E-state index contributed by atoms with van der Waals surface area (Å²) in [5.41, 5.74) is 7.80. The standard InChI is InChI=1S/C13H16Cl2N4O2/c1-3-21-12(20)13(2,17-6-7-18-19-16)9-4-5-10(14)11(15)8-9/h4-5,8,17H,3,6-7H2,1-2H3. The molecule has 1 aromatic carbocycles. The van der Waals surface area contributed by atoms with Crippen LogP contribution in [-0.4, -0.2) is 25.7 Å². The molecule has 0 saturated carbocycles. The molecule has 0 aliphatic heterocycles. The van der Waals surface area contributed by atoms with Crippen molar-refractivity contribution in [2.24, 2.45) is 5.11 Å². The second-order valence-corrected chi connectivity index (χ2v) is 5.17. The molecule has 6 nitrogen and oxygen atoms in total. The molecule has 0 saturated heterocycles. The van der Waals surface area contributed by atoms with Crippen LogP contribution in [0.5, 0.6) is 0 Å². The number of carbonyl (C=O) groups is 1. The lowest BCUT2D eigenvalue weighted by molar-refractivity contribution is -0.151. The Balaban J connectivity index is 3.07. The van der Waals surface area contributed by atoms with Gasteiger partial charge in [0.1, 0.15) is 5.54 Å². The number of hydrogen-bond acceptors (Lipinski definition) is 4. The average Bonchev–Trinajstić information content (AvgIpc) is 2.46. The van der Waals surface area contributed by atoms with Gasteiger partial charge >= 0.3 is 5.97 Å². The van der Waals surface area contributed by atoms with Gasteiger partial charge in [-0.2, -0.15) is 0 Å². The number of halogens is 2. The molecular formula is C13H16Cl2N4O2. The minimum absolute atomic E-state index is 0.215. The predicted molar refractivity (Wildman–Crippen MR) is 82.5 cm³/mol. The van der Waals surface area contributed by atoms with Gasteiger partial charge in [0.05, 0.1) is 16.7 Å². The Labute approximate surface area is 133 Å². The third-order valence-electron chi connectivity index (χ3n) is 2.93. The lowest BCUT2D eigenvalue weighted by atomic mass is 9.92. The van der Waals surface area contributed by atoms with Crippen molar-refractivity contribution in [1.82, 2.24) is 5.32 Å². The van der Waals surface area contributed by atoms with Crippen molar-refractivity contribution in [1.29, 1.82) is 0 Å². The minimum atomic E-state index is -1.10. The first-order valence-electron chi connectivity index (χ1n) is 6.34. The molecule has 1 rings (SSSR count). The first-order valence-corrected chi connectivity index (χ1v) is 7.10. The molecule has 0 radical (unpaired) electrons. The first-order chi connectivity index (χ1) is 9.95. The maximum absolute atomic E-state index is 12.3. The van der Waals surface area contributed by atoms with E-state index in [2.05, 4.69) is 15.3 Å². The SMILES string of the molecule is CCOC(=O)C(C)(NCCN=[N+]=[N-])c1ccc(Cl)c(Cl)c1. The molecule has 0 aliphatic rings. The number of rotatable bonds is 7. The van der Waals surface area contributed by atoms with E-state index in [0.717, 1.165) is 0 Å². The number of carbonyl (C=O) groups excluding carboxylic acids is 1. The van der Waals surface area contributed by atoms with E-state index in [4.69, 9.17) is 33.5 Å². The van der Waals surface area contributed by atoms with Crippen molar-refractivity contribution in [3.63, 3.8) is 0 Å². The van der Waals surface area contributed by atoms with Gasteiger partial charge in [0, 0.05) is 18.0 Å². The van der Waals surface area contributed by atoms with Crippen molar-refractivity contribution in [2.45, 2.75) is 19.4 Å². The highest BCUT2D eigenvalue weighted by molar-refractivity contribution is 6.42. The number of azide groups is 1. The molecule has 1 N–H and O–H groups in total. The molecule has 1 aromatic rings. The third kappa shape index (κ3) is 4.51. The summed E-state index contributed by atoms with van der Waals surface area (Å²) < 4.78 is 5.11. The van der Waals surface area contributed by atoms with Crippen molar-refractivity contribution < 1.29 is 9.53 Å². The molecule has 0 fully saturated rings. The maximum Gasteiger partial charge on any atom is 0.330 e. The quantitative estimate of drug-likeness (QED) is 0.272. The smallest absolute Gasteiger partial charge is 0.330 e. The maximum atomic E-state index is 12.3. The fourth-order valence-corrected chi connectivity index (χ4v) is 2.07. The molecule has 8 heteroatoms. The summed E-state index contributed by atoms with van der Waals surface area (Å²) in [5, 5.41) is 7.21. The molecule has 21 heavy (non-hydrogen) atoms. The van der Waals surface area contributed by atoms with Gasteiger partial charge in [-0.1, -0.05) is 34.4 Å². The lowest BCUT2D eigenvalue weighted by Gasteiger charge is -2.29. The molecule has 0 aliphatic carbocycles. The van der Waals surface area contributed by atoms with Gasteiger partial charge in [-0.3, -0.25) is 5.32 Å². The number of esters is 1. The summed E-state index contributed by atoms with van der Waals surface area (Å²) >= 11 is 11.9. The van der Waals surface area contributed by atoms with Crippen LogP contribution in [0.2, 0.25) is 10.0 Å². The van der Waals surface area contributed by atoms with Crippen LogP contribution in [0, 0.1) is 0 Å². The van der Waals surface area contributed by atoms with E-state index in [0.29, 0.717) is 22.2 Å². The second-order valence-electron chi connectivity index (χ2n) is 4.36. The van der Waals surface area contributed by atoms with Gasteiger partial charge in [0.15, 0.2) is 0 Å². The van der Waals surface area contributed by atoms with Gasteiger partial charge in [0.2, 0.25) is 0 Å². The van der Waals surface area contributed by atoms with Crippen molar-refractivity contribution in [2.75, 3.05) is 19.7 Å². The molecule has 1 atom stereocenters. The Bertz CT molecular complexity index is 561. The zero-order valence-corrected chi connectivity index (χ0v) is 13.3. The highest BCUT2D eigenvalue weighted by atomic mass is 35.5. The van der Waals surface area contributed by atoms with Gasteiger partial charge in [-0.25, -0.2) is 4.79 Å². The first kappa shape index (κ1) is 17.6. The average molecular weight is 331 g/mol. The summed E-state index contributed by atoms with van der Waals surface area (Å²) in [4.78, 5) is 14.9. The summed E-state index contributed by atoms with van der Waals surface area (Å²) in [6.07, 6.45) is 0. The van der Waals surface area contributed by atoms with Crippen LogP contribution in [-0.2, 0) is 15.1 Å². The Morgan fingerprint density at radius 3 is 2.76 bits per heavy atom. The van der Waals surface area contributed by atoms with Crippen LogP contribution in [0.3, 0.4) is 0 Å². The lowest BCUT2D eigenvalue weighted by Crippen LogP contribution is -2.48. The Kier molecular flexibility index (Phi) is 6.78. The molecule has 0 spiro atoms. The fourth-order valence-electron chi connectivity index (χ4n) is 1.78. The summed E-state index contributed by atoms with van der Waals surface area (Å²) in [6, 6.07) is 4.93. The van der Waals surface area contributed by atoms with Crippen LogP contribution in [0.25, 0.3) is 10.4 Å². The Hall–Kier alpha value is -1.46. The molecule has 0 bridgehead atoms. The van der Waals surface area contributed by atoms with Gasteiger partial charge in [-0.15, -0.1) is 0 Å². The third-order valence-corrected chi connectivity index (χ3v) is 3.67.